The van der Waals surface area contributed by atoms with E-state index in [2.05, 4.69) is 22.6 Å². The van der Waals surface area contributed by atoms with Crippen molar-refractivity contribution in [2.24, 2.45) is 0 Å². The summed E-state index contributed by atoms with van der Waals surface area (Å²) >= 11 is 2.10. The Kier molecular flexibility index (Phi) is 3.96. The number of carboxylic acid groups (broad SMARTS) is 1. The van der Waals surface area contributed by atoms with Gasteiger partial charge in [0.25, 0.3) is 0 Å². The first-order valence-electron chi connectivity index (χ1n) is 4.62. The standard InChI is InChI=1S/C11H13IO3/c1-6(2)15-10-7(3)4-8(12)5-9(10)11(13)14/h4-6H,1-3H3,(H,13,14). The minimum atomic E-state index is -0.952. The fourth-order valence-corrected chi connectivity index (χ4v) is 2.06. The lowest BCUT2D eigenvalue weighted by molar-refractivity contribution is 0.0690. The number of carboxylic acids is 1. The molecule has 0 saturated heterocycles. The molecule has 0 atom stereocenters. The van der Waals surface area contributed by atoms with Gasteiger partial charge in [0.2, 0.25) is 0 Å². The molecule has 0 saturated carbocycles. The summed E-state index contributed by atoms with van der Waals surface area (Å²) in [6, 6.07) is 3.53. The van der Waals surface area contributed by atoms with Gasteiger partial charge in [0.15, 0.2) is 0 Å². The van der Waals surface area contributed by atoms with E-state index >= 15 is 0 Å². The molecular formula is C11H13IO3. The van der Waals surface area contributed by atoms with Gasteiger partial charge in [0.05, 0.1) is 6.10 Å². The number of hydrogen-bond donors (Lipinski definition) is 1. The van der Waals surface area contributed by atoms with Crippen LogP contribution in [0.5, 0.6) is 5.75 Å². The quantitative estimate of drug-likeness (QED) is 0.871. The number of aryl methyl sites for hydroxylation is 1. The Labute approximate surface area is 103 Å². The highest BCUT2D eigenvalue weighted by atomic mass is 127. The smallest absolute Gasteiger partial charge is 0.339 e. The van der Waals surface area contributed by atoms with Gasteiger partial charge in [-0.15, -0.1) is 0 Å². The average molecular weight is 320 g/mol. The SMILES string of the molecule is Cc1cc(I)cc(C(=O)O)c1OC(C)C. The fraction of sp³-hybridized carbons (Fsp3) is 0.364. The molecule has 0 fully saturated rings. The third kappa shape index (κ3) is 3.09. The molecule has 1 N–H and O–H groups in total. The van der Waals surface area contributed by atoms with Crippen LogP contribution in [-0.2, 0) is 0 Å². The summed E-state index contributed by atoms with van der Waals surface area (Å²) in [6.45, 7) is 5.61. The second-order valence-corrected chi connectivity index (χ2v) is 4.82. The van der Waals surface area contributed by atoms with Crippen molar-refractivity contribution in [3.63, 3.8) is 0 Å². The molecule has 0 aliphatic rings. The molecule has 82 valence electrons. The van der Waals surface area contributed by atoms with Gasteiger partial charge in [-0.25, -0.2) is 4.79 Å². The third-order valence-electron chi connectivity index (χ3n) is 1.82. The third-order valence-corrected chi connectivity index (χ3v) is 2.45. The Morgan fingerprint density at radius 3 is 2.53 bits per heavy atom. The molecule has 0 heterocycles. The lowest BCUT2D eigenvalue weighted by Gasteiger charge is -2.15. The zero-order valence-electron chi connectivity index (χ0n) is 8.87. The summed E-state index contributed by atoms with van der Waals surface area (Å²) in [6.07, 6.45) is -0.0261. The van der Waals surface area contributed by atoms with Gasteiger partial charge in [-0.1, -0.05) is 0 Å². The lowest BCUT2D eigenvalue weighted by Crippen LogP contribution is -2.11. The van der Waals surface area contributed by atoms with E-state index in [-0.39, 0.29) is 11.7 Å². The minimum Gasteiger partial charge on any atom is -0.490 e. The molecule has 0 radical (unpaired) electrons. The first kappa shape index (κ1) is 12.3. The van der Waals surface area contributed by atoms with E-state index in [0.717, 1.165) is 9.13 Å². The van der Waals surface area contributed by atoms with E-state index in [1.54, 1.807) is 6.07 Å². The van der Waals surface area contributed by atoms with Gasteiger partial charge >= 0.3 is 5.97 Å². The van der Waals surface area contributed by atoms with Crippen LogP contribution in [0.25, 0.3) is 0 Å². The normalized spacial score (nSPS) is 10.5. The Morgan fingerprint density at radius 2 is 2.07 bits per heavy atom. The van der Waals surface area contributed by atoms with Gasteiger partial charge in [-0.05, 0) is 61.1 Å². The molecular weight excluding hydrogens is 307 g/mol. The van der Waals surface area contributed by atoms with Crippen molar-refractivity contribution >= 4 is 28.6 Å². The largest absolute Gasteiger partial charge is 0.490 e. The molecule has 0 unspecified atom stereocenters. The maximum Gasteiger partial charge on any atom is 0.339 e. The number of rotatable bonds is 3. The van der Waals surface area contributed by atoms with Crippen molar-refractivity contribution in [3.05, 3.63) is 26.8 Å². The van der Waals surface area contributed by atoms with Gasteiger partial charge in [-0.2, -0.15) is 0 Å². The predicted molar refractivity (Wildman–Crippen MR) is 66.6 cm³/mol. The maximum absolute atomic E-state index is 11.0. The Morgan fingerprint density at radius 1 is 1.47 bits per heavy atom. The van der Waals surface area contributed by atoms with E-state index in [1.165, 1.54) is 0 Å². The number of halogens is 1. The Balaban J connectivity index is 3.27. The highest BCUT2D eigenvalue weighted by molar-refractivity contribution is 14.1. The Hall–Kier alpha value is -0.780. The topological polar surface area (TPSA) is 46.5 Å². The molecule has 1 aromatic carbocycles. The van der Waals surface area contributed by atoms with Crippen LogP contribution in [0.1, 0.15) is 29.8 Å². The highest BCUT2D eigenvalue weighted by Gasteiger charge is 2.15. The summed E-state index contributed by atoms with van der Waals surface area (Å²) < 4.78 is 6.41. The molecule has 0 aliphatic heterocycles. The van der Waals surface area contributed by atoms with Gasteiger partial charge in [0, 0.05) is 3.57 Å². The summed E-state index contributed by atoms with van der Waals surface area (Å²) in [4.78, 5) is 11.0. The van der Waals surface area contributed by atoms with Crippen molar-refractivity contribution in [2.75, 3.05) is 0 Å². The zero-order valence-corrected chi connectivity index (χ0v) is 11.0. The number of aromatic carboxylic acids is 1. The summed E-state index contributed by atoms with van der Waals surface area (Å²) in [5.74, 6) is -0.481. The number of ether oxygens (including phenoxy) is 1. The van der Waals surface area contributed by atoms with E-state index in [9.17, 15) is 4.79 Å². The van der Waals surface area contributed by atoms with Crippen molar-refractivity contribution in [1.29, 1.82) is 0 Å². The zero-order chi connectivity index (χ0) is 11.6. The highest BCUT2D eigenvalue weighted by Crippen LogP contribution is 2.27. The van der Waals surface area contributed by atoms with Gasteiger partial charge < -0.3 is 9.84 Å². The van der Waals surface area contributed by atoms with Crippen molar-refractivity contribution in [1.82, 2.24) is 0 Å². The maximum atomic E-state index is 11.0. The minimum absolute atomic E-state index is 0.0261. The number of benzene rings is 1. The van der Waals surface area contributed by atoms with Crippen molar-refractivity contribution in [3.8, 4) is 5.75 Å². The van der Waals surface area contributed by atoms with Crippen LogP contribution in [0.4, 0.5) is 0 Å². The molecule has 0 aromatic heterocycles. The van der Waals surface area contributed by atoms with Crippen LogP contribution in [0, 0.1) is 10.5 Å². The van der Waals surface area contributed by atoms with Crippen molar-refractivity contribution < 1.29 is 14.6 Å². The molecule has 1 aromatic rings. The number of carbonyl (C=O) groups is 1. The molecule has 0 spiro atoms. The molecule has 0 aliphatic carbocycles. The molecule has 4 heteroatoms. The second kappa shape index (κ2) is 4.83. The van der Waals surface area contributed by atoms with Gasteiger partial charge in [-0.3, -0.25) is 0 Å². The van der Waals surface area contributed by atoms with E-state index < -0.39 is 5.97 Å². The van der Waals surface area contributed by atoms with Crippen LogP contribution < -0.4 is 4.74 Å². The van der Waals surface area contributed by atoms with Crippen LogP contribution in [0.15, 0.2) is 12.1 Å². The molecule has 1 rings (SSSR count). The second-order valence-electron chi connectivity index (χ2n) is 3.57. The van der Waals surface area contributed by atoms with Crippen LogP contribution in [0.2, 0.25) is 0 Å². The van der Waals surface area contributed by atoms with E-state index in [0.29, 0.717) is 5.75 Å². The fourth-order valence-electron chi connectivity index (χ4n) is 1.28. The summed E-state index contributed by atoms with van der Waals surface area (Å²) in [5, 5.41) is 9.04. The average Bonchev–Trinajstić information content (AvgIpc) is 2.08. The predicted octanol–water partition coefficient (Wildman–Crippen LogP) is 3.09. The monoisotopic (exact) mass is 320 g/mol. The Bertz CT molecular complexity index is 386. The number of hydrogen-bond acceptors (Lipinski definition) is 2. The van der Waals surface area contributed by atoms with Crippen LogP contribution in [0.3, 0.4) is 0 Å². The first-order chi connectivity index (χ1) is 6.91. The molecule has 0 amide bonds. The molecule has 3 nitrogen and oxygen atoms in total. The van der Waals surface area contributed by atoms with Gasteiger partial charge in [0.1, 0.15) is 11.3 Å². The van der Waals surface area contributed by atoms with Crippen molar-refractivity contribution in [2.45, 2.75) is 26.9 Å². The van der Waals surface area contributed by atoms with Crippen LogP contribution >= 0.6 is 22.6 Å². The first-order valence-corrected chi connectivity index (χ1v) is 5.69. The van der Waals surface area contributed by atoms with E-state index in [4.69, 9.17) is 9.84 Å². The molecule has 15 heavy (non-hydrogen) atoms. The molecule has 0 bridgehead atoms. The van der Waals surface area contributed by atoms with E-state index in [1.807, 2.05) is 26.8 Å². The summed E-state index contributed by atoms with van der Waals surface area (Å²) in [5.41, 5.74) is 1.08. The van der Waals surface area contributed by atoms with Crippen LogP contribution in [-0.4, -0.2) is 17.2 Å². The summed E-state index contributed by atoms with van der Waals surface area (Å²) in [7, 11) is 0. The lowest BCUT2D eigenvalue weighted by atomic mass is 10.1.